The zero-order chi connectivity index (χ0) is 23.9. The number of carbonyl (C=O) groups is 2. The quantitative estimate of drug-likeness (QED) is 0.494. The van der Waals surface area contributed by atoms with E-state index in [-0.39, 0.29) is 17.5 Å². The van der Waals surface area contributed by atoms with E-state index in [4.69, 9.17) is 4.74 Å². The lowest BCUT2D eigenvalue weighted by molar-refractivity contribution is 0.0927. The molecule has 1 saturated carbocycles. The van der Waals surface area contributed by atoms with Crippen molar-refractivity contribution in [1.29, 1.82) is 0 Å². The van der Waals surface area contributed by atoms with Gasteiger partial charge in [-0.1, -0.05) is 25.3 Å². The first-order valence-electron chi connectivity index (χ1n) is 11.5. The van der Waals surface area contributed by atoms with Crippen LogP contribution in [0.25, 0.3) is 10.9 Å². The van der Waals surface area contributed by atoms with Crippen molar-refractivity contribution in [3.8, 4) is 0 Å². The number of amides is 3. The summed E-state index contributed by atoms with van der Waals surface area (Å²) in [7, 11) is 1.57. The molecule has 3 aromatic rings. The topological polar surface area (TPSA) is 114 Å². The van der Waals surface area contributed by atoms with Gasteiger partial charge < -0.3 is 20.7 Å². The highest BCUT2D eigenvalue weighted by Gasteiger charge is 2.17. The molecule has 2 aromatic carbocycles. The predicted molar refractivity (Wildman–Crippen MR) is 131 cm³/mol. The van der Waals surface area contributed by atoms with Crippen molar-refractivity contribution >= 4 is 34.2 Å². The number of methoxy groups -OCH3 is 1. The second-order valence-corrected chi connectivity index (χ2v) is 8.44. The third-order valence-corrected chi connectivity index (χ3v) is 5.94. The number of anilines is 2. The molecule has 3 N–H and O–H groups in total. The zero-order valence-electron chi connectivity index (χ0n) is 19.2. The Morgan fingerprint density at radius 1 is 1.06 bits per heavy atom. The van der Waals surface area contributed by atoms with Crippen molar-refractivity contribution in [3.63, 3.8) is 0 Å². The molecule has 3 amide bonds. The van der Waals surface area contributed by atoms with E-state index in [0.717, 1.165) is 25.7 Å². The van der Waals surface area contributed by atoms with Gasteiger partial charge in [0.25, 0.3) is 11.5 Å². The van der Waals surface area contributed by atoms with E-state index in [0.29, 0.717) is 41.0 Å². The molecule has 9 heteroatoms. The Morgan fingerprint density at radius 3 is 2.59 bits per heavy atom. The predicted octanol–water partition coefficient (Wildman–Crippen LogP) is 3.75. The number of aromatic nitrogens is 2. The van der Waals surface area contributed by atoms with Crippen molar-refractivity contribution < 1.29 is 14.3 Å². The zero-order valence-corrected chi connectivity index (χ0v) is 19.2. The van der Waals surface area contributed by atoms with Crippen LogP contribution in [0.3, 0.4) is 0 Å². The summed E-state index contributed by atoms with van der Waals surface area (Å²) in [4.78, 5) is 42.2. The van der Waals surface area contributed by atoms with Crippen molar-refractivity contribution in [1.82, 2.24) is 14.9 Å². The summed E-state index contributed by atoms with van der Waals surface area (Å²) in [6.45, 7) is 0.784. The van der Waals surface area contributed by atoms with Crippen molar-refractivity contribution in [2.45, 2.75) is 44.7 Å². The minimum atomic E-state index is -0.479. The van der Waals surface area contributed by atoms with E-state index in [1.54, 1.807) is 49.6 Å². The number of nitrogens with zero attached hydrogens (tertiary/aromatic N) is 2. The maximum absolute atomic E-state index is 12.7. The van der Waals surface area contributed by atoms with Gasteiger partial charge in [-0.3, -0.25) is 14.2 Å². The summed E-state index contributed by atoms with van der Waals surface area (Å²) >= 11 is 0. The Kier molecular flexibility index (Phi) is 7.54. The average molecular weight is 464 g/mol. The highest BCUT2D eigenvalue weighted by atomic mass is 16.5. The summed E-state index contributed by atoms with van der Waals surface area (Å²) in [5.41, 5.74) is 1.79. The number of nitrogens with one attached hydrogen (secondary N) is 3. The van der Waals surface area contributed by atoms with Crippen molar-refractivity contribution in [2.75, 3.05) is 24.4 Å². The summed E-state index contributed by atoms with van der Waals surface area (Å²) < 4.78 is 6.50. The first kappa shape index (κ1) is 23.4. The van der Waals surface area contributed by atoms with Gasteiger partial charge in [-0.25, -0.2) is 9.78 Å². The number of hydrogen-bond acceptors (Lipinski definition) is 5. The molecule has 0 saturated heterocycles. The number of urea groups is 1. The Balaban J connectivity index is 1.42. The molecular weight excluding hydrogens is 434 g/mol. The average Bonchev–Trinajstić information content (AvgIpc) is 2.84. The number of rotatable bonds is 7. The normalized spacial score (nSPS) is 14.0. The van der Waals surface area contributed by atoms with Crippen LogP contribution in [-0.4, -0.2) is 41.2 Å². The van der Waals surface area contributed by atoms with Gasteiger partial charge in [0.2, 0.25) is 0 Å². The molecule has 1 aliphatic carbocycles. The molecule has 1 aromatic heterocycles. The second kappa shape index (κ2) is 10.9. The fourth-order valence-electron chi connectivity index (χ4n) is 4.13. The van der Waals surface area contributed by atoms with E-state index < -0.39 is 6.03 Å². The fourth-order valence-corrected chi connectivity index (χ4v) is 4.13. The van der Waals surface area contributed by atoms with Crippen LogP contribution in [0.4, 0.5) is 16.2 Å². The van der Waals surface area contributed by atoms with Gasteiger partial charge in [-0.05, 0) is 49.2 Å². The number of fused-ring (bicyclic) bond motifs is 1. The molecule has 1 fully saturated rings. The van der Waals surface area contributed by atoms with E-state index in [2.05, 4.69) is 20.9 Å². The van der Waals surface area contributed by atoms with Gasteiger partial charge in [0.05, 0.1) is 30.4 Å². The summed E-state index contributed by atoms with van der Waals surface area (Å²) in [5.74, 6) is -0.136. The molecule has 4 rings (SSSR count). The maximum Gasteiger partial charge on any atom is 0.323 e. The molecule has 0 aliphatic heterocycles. The van der Waals surface area contributed by atoms with Gasteiger partial charge in [0.15, 0.2) is 0 Å². The summed E-state index contributed by atoms with van der Waals surface area (Å²) in [6.07, 6.45) is 6.99. The molecule has 9 nitrogen and oxygen atoms in total. The lowest BCUT2D eigenvalue weighted by Crippen LogP contribution is -2.36. The van der Waals surface area contributed by atoms with Crippen LogP contribution >= 0.6 is 0 Å². The van der Waals surface area contributed by atoms with E-state index in [9.17, 15) is 14.4 Å². The van der Waals surface area contributed by atoms with Crippen LogP contribution in [0.1, 0.15) is 42.5 Å². The first-order valence-corrected chi connectivity index (χ1v) is 11.5. The SMILES string of the molecule is COCCn1cnc2ccc(NC(=O)Nc3cccc(C(=O)NC4CCCCC4)c3)cc2c1=O. The van der Waals surface area contributed by atoms with Crippen LogP contribution in [0.2, 0.25) is 0 Å². The minimum Gasteiger partial charge on any atom is -0.383 e. The molecule has 1 aliphatic rings. The largest absolute Gasteiger partial charge is 0.383 e. The number of carbonyl (C=O) groups excluding carboxylic acids is 2. The molecule has 1 heterocycles. The van der Waals surface area contributed by atoms with Gasteiger partial charge >= 0.3 is 6.03 Å². The Bertz CT molecular complexity index is 1230. The second-order valence-electron chi connectivity index (χ2n) is 8.44. The van der Waals surface area contributed by atoms with Gasteiger partial charge in [0.1, 0.15) is 0 Å². The van der Waals surface area contributed by atoms with E-state index in [1.807, 2.05) is 0 Å². The van der Waals surface area contributed by atoms with Crippen molar-refractivity contribution in [2.24, 2.45) is 0 Å². The fraction of sp³-hybridized carbons (Fsp3) is 0.360. The molecule has 0 radical (unpaired) electrons. The Morgan fingerprint density at radius 2 is 1.82 bits per heavy atom. The highest BCUT2D eigenvalue weighted by Crippen LogP contribution is 2.19. The molecule has 0 spiro atoms. The van der Waals surface area contributed by atoms with Crippen molar-refractivity contribution in [3.05, 3.63) is 64.7 Å². The van der Waals surface area contributed by atoms with Gasteiger partial charge in [-0.2, -0.15) is 0 Å². The van der Waals surface area contributed by atoms with E-state index in [1.165, 1.54) is 17.3 Å². The standard InChI is InChI=1S/C25H29N5O4/c1-34-13-12-30-16-26-22-11-10-20(15-21(22)24(30)32)29-25(33)28-19-9-5-6-17(14-19)23(31)27-18-7-3-2-4-8-18/h5-6,9-11,14-16,18H,2-4,7-8,12-13H2,1H3,(H,27,31)(H2,28,29,33). The highest BCUT2D eigenvalue weighted by molar-refractivity contribution is 6.02. The minimum absolute atomic E-state index is 0.136. The number of ether oxygens (including phenoxy) is 1. The van der Waals surface area contributed by atoms with Crippen LogP contribution in [0, 0.1) is 0 Å². The van der Waals surface area contributed by atoms with Crippen LogP contribution in [0.15, 0.2) is 53.6 Å². The van der Waals surface area contributed by atoms with Crippen LogP contribution < -0.4 is 21.5 Å². The third-order valence-electron chi connectivity index (χ3n) is 5.94. The van der Waals surface area contributed by atoms with Crippen LogP contribution in [-0.2, 0) is 11.3 Å². The smallest absolute Gasteiger partial charge is 0.323 e. The first-order chi connectivity index (χ1) is 16.5. The molecular formula is C25H29N5O4. The third kappa shape index (κ3) is 5.79. The van der Waals surface area contributed by atoms with Gasteiger partial charge in [0, 0.05) is 30.1 Å². The summed E-state index contributed by atoms with van der Waals surface area (Å²) in [5, 5.41) is 8.96. The van der Waals surface area contributed by atoms with Gasteiger partial charge in [-0.15, -0.1) is 0 Å². The molecule has 0 atom stereocenters. The lowest BCUT2D eigenvalue weighted by atomic mass is 9.95. The molecule has 0 bridgehead atoms. The molecule has 178 valence electrons. The van der Waals surface area contributed by atoms with E-state index >= 15 is 0 Å². The molecule has 34 heavy (non-hydrogen) atoms. The number of hydrogen-bond donors (Lipinski definition) is 3. The summed E-state index contributed by atoms with van der Waals surface area (Å²) in [6, 6.07) is 11.5. The monoisotopic (exact) mass is 463 g/mol. The lowest BCUT2D eigenvalue weighted by Gasteiger charge is -2.22. The maximum atomic E-state index is 12.7. The Hall–Kier alpha value is -3.72. The molecule has 0 unspecified atom stereocenters. The Labute approximate surface area is 197 Å². The van der Waals surface area contributed by atoms with Crippen LogP contribution in [0.5, 0.6) is 0 Å². The number of benzene rings is 2.